The molecular formula is C16H18FNO. The third kappa shape index (κ3) is 4.07. The van der Waals surface area contributed by atoms with E-state index in [-0.39, 0.29) is 11.9 Å². The number of hydrogen-bond donors (Lipinski definition) is 1. The molecule has 2 N–H and O–H groups in total. The second-order valence-electron chi connectivity index (χ2n) is 4.67. The van der Waals surface area contributed by atoms with Gasteiger partial charge in [-0.1, -0.05) is 36.4 Å². The number of rotatable bonds is 5. The molecule has 2 aromatic rings. The van der Waals surface area contributed by atoms with Crippen molar-refractivity contribution < 1.29 is 9.13 Å². The fourth-order valence-corrected chi connectivity index (χ4v) is 1.84. The van der Waals surface area contributed by atoms with Crippen LogP contribution in [-0.4, -0.2) is 12.6 Å². The van der Waals surface area contributed by atoms with Crippen LogP contribution in [0.3, 0.4) is 0 Å². The molecule has 0 bridgehead atoms. The van der Waals surface area contributed by atoms with E-state index in [0.717, 1.165) is 6.42 Å². The minimum Gasteiger partial charge on any atom is -0.492 e. The van der Waals surface area contributed by atoms with Crippen LogP contribution in [-0.2, 0) is 6.42 Å². The van der Waals surface area contributed by atoms with Crippen molar-refractivity contribution in [2.75, 3.05) is 6.61 Å². The monoisotopic (exact) mass is 259 g/mol. The normalized spacial score (nSPS) is 12.2. The maximum absolute atomic E-state index is 13.3. The molecule has 0 aliphatic heterocycles. The Morgan fingerprint density at radius 1 is 1.16 bits per heavy atom. The van der Waals surface area contributed by atoms with Gasteiger partial charge in [0, 0.05) is 12.1 Å². The lowest BCUT2D eigenvalue weighted by Crippen LogP contribution is -2.30. The van der Waals surface area contributed by atoms with Crippen LogP contribution in [0, 0.1) is 12.7 Å². The van der Waals surface area contributed by atoms with E-state index in [0.29, 0.717) is 17.9 Å². The molecule has 3 heteroatoms. The molecule has 19 heavy (non-hydrogen) atoms. The van der Waals surface area contributed by atoms with Crippen molar-refractivity contribution in [2.45, 2.75) is 19.4 Å². The lowest BCUT2D eigenvalue weighted by Gasteiger charge is -2.13. The zero-order valence-electron chi connectivity index (χ0n) is 11.0. The average Bonchev–Trinajstić information content (AvgIpc) is 2.41. The van der Waals surface area contributed by atoms with Gasteiger partial charge in [-0.25, -0.2) is 4.39 Å². The summed E-state index contributed by atoms with van der Waals surface area (Å²) in [5.74, 6) is 0.265. The predicted octanol–water partition coefficient (Wildman–Crippen LogP) is 3.08. The summed E-state index contributed by atoms with van der Waals surface area (Å²) >= 11 is 0. The highest BCUT2D eigenvalue weighted by Gasteiger charge is 2.06. The van der Waals surface area contributed by atoms with Crippen molar-refractivity contribution >= 4 is 0 Å². The minimum atomic E-state index is -0.255. The second-order valence-corrected chi connectivity index (χ2v) is 4.67. The fourth-order valence-electron chi connectivity index (χ4n) is 1.84. The van der Waals surface area contributed by atoms with Gasteiger partial charge in [0.25, 0.3) is 0 Å². The van der Waals surface area contributed by atoms with E-state index in [1.807, 2.05) is 30.3 Å². The summed E-state index contributed by atoms with van der Waals surface area (Å²) < 4.78 is 18.9. The summed E-state index contributed by atoms with van der Waals surface area (Å²) in [6.45, 7) is 2.09. The molecule has 1 atom stereocenters. The van der Waals surface area contributed by atoms with Gasteiger partial charge in [-0.2, -0.15) is 0 Å². The van der Waals surface area contributed by atoms with E-state index in [1.54, 1.807) is 19.1 Å². The Bertz CT molecular complexity index is 528. The van der Waals surface area contributed by atoms with Crippen LogP contribution in [0.25, 0.3) is 0 Å². The first-order chi connectivity index (χ1) is 9.15. The Balaban J connectivity index is 1.86. The van der Waals surface area contributed by atoms with Crippen molar-refractivity contribution in [2.24, 2.45) is 5.73 Å². The molecule has 0 heterocycles. The lowest BCUT2D eigenvalue weighted by atomic mass is 10.1. The SMILES string of the molecule is Cc1ccc(OC[C@H](N)Cc2ccccc2)cc1F. The third-order valence-electron chi connectivity index (χ3n) is 2.95. The summed E-state index contributed by atoms with van der Waals surface area (Å²) in [5, 5.41) is 0. The van der Waals surface area contributed by atoms with E-state index < -0.39 is 0 Å². The van der Waals surface area contributed by atoms with Crippen LogP contribution in [0.2, 0.25) is 0 Å². The van der Waals surface area contributed by atoms with E-state index in [4.69, 9.17) is 10.5 Å². The summed E-state index contributed by atoms with van der Waals surface area (Å²) in [7, 11) is 0. The minimum absolute atomic E-state index is 0.105. The summed E-state index contributed by atoms with van der Waals surface area (Å²) in [6.07, 6.45) is 0.745. The quantitative estimate of drug-likeness (QED) is 0.895. The zero-order valence-corrected chi connectivity index (χ0v) is 11.0. The van der Waals surface area contributed by atoms with Gasteiger partial charge in [-0.05, 0) is 30.5 Å². The van der Waals surface area contributed by atoms with Gasteiger partial charge >= 0.3 is 0 Å². The van der Waals surface area contributed by atoms with Gasteiger partial charge < -0.3 is 10.5 Å². The molecule has 0 aromatic heterocycles. The smallest absolute Gasteiger partial charge is 0.129 e. The number of benzene rings is 2. The largest absolute Gasteiger partial charge is 0.492 e. The summed E-state index contributed by atoms with van der Waals surface area (Å²) in [5.41, 5.74) is 7.79. The van der Waals surface area contributed by atoms with Crippen molar-refractivity contribution in [3.05, 3.63) is 65.5 Å². The fraction of sp³-hybridized carbons (Fsp3) is 0.250. The predicted molar refractivity (Wildman–Crippen MR) is 74.8 cm³/mol. The van der Waals surface area contributed by atoms with E-state index in [9.17, 15) is 4.39 Å². The van der Waals surface area contributed by atoms with E-state index in [2.05, 4.69) is 0 Å². The van der Waals surface area contributed by atoms with Gasteiger partial charge in [0.2, 0.25) is 0 Å². The van der Waals surface area contributed by atoms with Gasteiger partial charge in [0.15, 0.2) is 0 Å². The molecule has 0 fully saturated rings. The Morgan fingerprint density at radius 2 is 1.89 bits per heavy atom. The van der Waals surface area contributed by atoms with Crippen LogP contribution in [0.5, 0.6) is 5.75 Å². The number of nitrogens with two attached hydrogens (primary N) is 1. The van der Waals surface area contributed by atoms with Crippen LogP contribution < -0.4 is 10.5 Å². The molecule has 0 unspecified atom stereocenters. The molecule has 0 radical (unpaired) electrons. The van der Waals surface area contributed by atoms with E-state index in [1.165, 1.54) is 11.6 Å². The Hall–Kier alpha value is -1.87. The van der Waals surface area contributed by atoms with Crippen molar-refractivity contribution in [3.63, 3.8) is 0 Å². The molecule has 2 rings (SSSR count). The standard InChI is InChI=1S/C16H18FNO/c1-12-7-8-15(10-16(12)17)19-11-14(18)9-13-5-3-2-4-6-13/h2-8,10,14H,9,11,18H2,1H3/t14-/m1/s1. The van der Waals surface area contributed by atoms with Crippen molar-refractivity contribution in [3.8, 4) is 5.75 Å². The Labute approximate surface area is 113 Å². The molecule has 0 aliphatic carbocycles. The highest BCUT2D eigenvalue weighted by molar-refractivity contribution is 5.28. The molecule has 2 aromatic carbocycles. The number of ether oxygens (including phenoxy) is 1. The molecule has 100 valence electrons. The maximum Gasteiger partial charge on any atom is 0.129 e. The number of aryl methyl sites for hydroxylation is 1. The topological polar surface area (TPSA) is 35.2 Å². The molecule has 0 saturated heterocycles. The third-order valence-corrected chi connectivity index (χ3v) is 2.95. The maximum atomic E-state index is 13.3. The Morgan fingerprint density at radius 3 is 2.58 bits per heavy atom. The molecule has 0 amide bonds. The Kier molecular flexibility index (Phi) is 4.53. The highest BCUT2D eigenvalue weighted by Crippen LogP contribution is 2.16. The molecule has 0 spiro atoms. The first-order valence-corrected chi connectivity index (χ1v) is 6.33. The first kappa shape index (κ1) is 13.6. The molecule has 0 saturated carbocycles. The van der Waals surface area contributed by atoms with Gasteiger partial charge in [0.05, 0.1) is 0 Å². The summed E-state index contributed by atoms with van der Waals surface area (Å²) in [4.78, 5) is 0. The molecular weight excluding hydrogens is 241 g/mol. The number of hydrogen-bond acceptors (Lipinski definition) is 2. The zero-order chi connectivity index (χ0) is 13.7. The van der Waals surface area contributed by atoms with Crippen LogP contribution in [0.4, 0.5) is 4.39 Å². The van der Waals surface area contributed by atoms with Crippen molar-refractivity contribution in [1.82, 2.24) is 0 Å². The van der Waals surface area contributed by atoms with Gasteiger partial charge in [-0.15, -0.1) is 0 Å². The van der Waals surface area contributed by atoms with Crippen LogP contribution >= 0.6 is 0 Å². The van der Waals surface area contributed by atoms with Gasteiger partial charge in [-0.3, -0.25) is 0 Å². The molecule has 2 nitrogen and oxygen atoms in total. The lowest BCUT2D eigenvalue weighted by molar-refractivity contribution is 0.286. The highest BCUT2D eigenvalue weighted by atomic mass is 19.1. The average molecular weight is 259 g/mol. The second kappa shape index (κ2) is 6.34. The summed E-state index contributed by atoms with van der Waals surface area (Å²) in [6, 6.07) is 14.8. The van der Waals surface area contributed by atoms with Crippen LogP contribution in [0.1, 0.15) is 11.1 Å². The number of halogens is 1. The van der Waals surface area contributed by atoms with E-state index >= 15 is 0 Å². The van der Waals surface area contributed by atoms with Gasteiger partial charge in [0.1, 0.15) is 18.2 Å². The first-order valence-electron chi connectivity index (χ1n) is 6.33. The van der Waals surface area contributed by atoms with Crippen molar-refractivity contribution in [1.29, 1.82) is 0 Å². The molecule has 0 aliphatic rings. The van der Waals surface area contributed by atoms with Crippen LogP contribution in [0.15, 0.2) is 48.5 Å².